The van der Waals surface area contributed by atoms with Crippen LogP contribution in [-0.2, 0) is 0 Å². The second-order valence-electron chi connectivity index (χ2n) is 2.18. The van der Waals surface area contributed by atoms with E-state index in [0.717, 1.165) is 5.03 Å². The largest absolute Gasteiger partial charge is 0.397 e. The molecule has 4 N–H and O–H groups in total. The van der Waals surface area contributed by atoms with Crippen molar-refractivity contribution in [2.75, 3.05) is 12.0 Å². The van der Waals surface area contributed by atoms with Crippen LogP contribution in [0.2, 0.25) is 0 Å². The van der Waals surface area contributed by atoms with E-state index < -0.39 is 5.91 Å². The van der Waals surface area contributed by atoms with E-state index in [0.29, 0.717) is 11.3 Å². The number of nitrogens with zero attached hydrogens (tertiary/aromatic N) is 1. The molecule has 0 bridgehead atoms. The molecule has 0 unspecified atom stereocenters. The number of hydrogen-bond donors (Lipinski definition) is 2. The van der Waals surface area contributed by atoms with Gasteiger partial charge in [0.15, 0.2) is 0 Å². The van der Waals surface area contributed by atoms with Crippen LogP contribution in [0, 0.1) is 0 Å². The van der Waals surface area contributed by atoms with E-state index in [1.807, 2.05) is 6.26 Å². The zero-order chi connectivity index (χ0) is 9.14. The van der Waals surface area contributed by atoms with Gasteiger partial charge >= 0.3 is 0 Å². The summed E-state index contributed by atoms with van der Waals surface area (Å²) < 4.78 is 0. The van der Waals surface area contributed by atoms with Crippen molar-refractivity contribution in [3.63, 3.8) is 0 Å². The number of primary amides is 1. The van der Waals surface area contributed by atoms with E-state index in [2.05, 4.69) is 4.98 Å². The average Bonchev–Trinajstić information content (AvgIpc) is 2.05. The lowest BCUT2D eigenvalue weighted by molar-refractivity contribution is 0.100. The van der Waals surface area contributed by atoms with Crippen molar-refractivity contribution in [3.8, 4) is 0 Å². The second kappa shape index (κ2) is 3.44. The highest BCUT2D eigenvalue weighted by Crippen LogP contribution is 2.17. The van der Waals surface area contributed by atoms with Crippen molar-refractivity contribution in [2.45, 2.75) is 5.03 Å². The van der Waals surface area contributed by atoms with E-state index in [1.165, 1.54) is 18.0 Å². The molecule has 0 spiro atoms. The summed E-state index contributed by atoms with van der Waals surface area (Å²) in [5, 5.41) is 0.734. The molecular weight excluding hydrogens is 174 g/mol. The number of nitrogens with two attached hydrogens (primary N) is 2. The van der Waals surface area contributed by atoms with Crippen molar-refractivity contribution < 1.29 is 4.79 Å². The summed E-state index contributed by atoms with van der Waals surface area (Å²) >= 11 is 1.43. The molecule has 0 radical (unpaired) electrons. The smallest absolute Gasteiger partial charge is 0.250 e. The van der Waals surface area contributed by atoms with Crippen LogP contribution in [0.1, 0.15) is 10.4 Å². The third-order valence-corrected chi connectivity index (χ3v) is 2.03. The summed E-state index contributed by atoms with van der Waals surface area (Å²) in [4.78, 5) is 14.8. The van der Waals surface area contributed by atoms with Gasteiger partial charge in [0.25, 0.3) is 5.91 Å². The van der Waals surface area contributed by atoms with Gasteiger partial charge in [-0.05, 0) is 12.3 Å². The summed E-state index contributed by atoms with van der Waals surface area (Å²) in [6.45, 7) is 0. The maximum absolute atomic E-state index is 10.8. The molecule has 12 heavy (non-hydrogen) atoms. The summed E-state index contributed by atoms with van der Waals surface area (Å²) in [6.07, 6.45) is 3.30. The first-order chi connectivity index (χ1) is 5.65. The Balaban J connectivity index is 3.17. The second-order valence-corrected chi connectivity index (χ2v) is 3.00. The SMILES string of the molecule is CSc1cc(C(N)=O)c(N)cn1. The van der Waals surface area contributed by atoms with Crippen molar-refractivity contribution in [3.05, 3.63) is 17.8 Å². The number of anilines is 1. The molecule has 0 fully saturated rings. The molecule has 1 aromatic rings. The van der Waals surface area contributed by atoms with E-state index >= 15 is 0 Å². The van der Waals surface area contributed by atoms with E-state index in [4.69, 9.17) is 11.5 Å². The molecule has 1 rings (SSSR count). The number of rotatable bonds is 2. The monoisotopic (exact) mass is 183 g/mol. The highest BCUT2D eigenvalue weighted by atomic mass is 32.2. The van der Waals surface area contributed by atoms with Gasteiger partial charge in [-0.1, -0.05) is 0 Å². The van der Waals surface area contributed by atoms with Crippen LogP contribution in [0.15, 0.2) is 17.3 Å². The number of nitrogen functional groups attached to an aromatic ring is 1. The van der Waals surface area contributed by atoms with Crippen molar-refractivity contribution in [1.29, 1.82) is 0 Å². The average molecular weight is 183 g/mol. The van der Waals surface area contributed by atoms with Gasteiger partial charge in [-0.25, -0.2) is 4.98 Å². The molecule has 0 aliphatic carbocycles. The van der Waals surface area contributed by atoms with E-state index in [1.54, 1.807) is 6.07 Å². The minimum atomic E-state index is -0.523. The predicted octanol–water partition coefficient (Wildman–Crippen LogP) is 0.485. The van der Waals surface area contributed by atoms with Gasteiger partial charge in [-0.3, -0.25) is 4.79 Å². The Morgan fingerprint density at radius 1 is 1.67 bits per heavy atom. The number of aromatic nitrogens is 1. The van der Waals surface area contributed by atoms with Crippen molar-refractivity contribution in [1.82, 2.24) is 4.98 Å². The molecule has 0 aliphatic heterocycles. The molecule has 0 saturated carbocycles. The van der Waals surface area contributed by atoms with Gasteiger partial charge in [0.2, 0.25) is 0 Å². The topological polar surface area (TPSA) is 82.0 Å². The normalized spacial score (nSPS) is 9.75. The first-order valence-electron chi connectivity index (χ1n) is 3.24. The minimum Gasteiger partial charge on any atom is -0.397 e. The Kier molecular flexibility index (Phi) is 2.54. The lowest BCUT2D eigenvalue weighted by atomic mass is 10.2. The fraction of sp³-hybridized carbons (Fsp3) is 0.143. The van der Waals surface area contributed by atoms with Crippen LogP contribution in [0.5, 0.6) is 0 Å². The molecule has 1 aromatic heterocycles. The Morgan fingerprint density at radius 3 is 2.83 bits per heavy atom. The van der Waals surface area contributed by atoms with Crippen LogP contribution in [0.25, 0.3) is 0 Å². The first kappa shape index (κ1) is 8.86. The highest BCUT2D eigenvalue weighted by molar-refractivity contribution is 7.98. The molecule has 0 aliphatic rings. The number of carbonyl (C=O) groups is 1. The molecule has 4 nitrogen and oxygen atoms in total. The van der Waals surface area contributed by atoms with Crippen LogP contribution >= 0.6 is 11.8 Å². The quantitative estimate of drug-likeness (QED) is 0.653. The first-order valence-corrected chi connectivity index (χ1v) is 4.47. The minimum absolute atomic E-state index is 0.320. The van der Waals surface area contributed by atoms with Gasteiger partial charge in [0, 0.05) is 0 Å². The highest BCUT2D eigenvalue weighted by Gasteiger charge is 2.06. The van der Waals surface area contributed by atoms with E-state index in [-0.39, 0.29) is 0 Å². The van der Waals surface area contributed by atoms with Crippen LogP contribution in [0.4, 0.5) is 5.69 Å². The molecule has 0 aromatic carbocycles. The summed E-state index contributed by atoms with van der Waals surface area (Å²) in [7, 11) is 0. The Hall–Kier alpha value is -1.23. The van der Waals surface area contributed by atoms with Gasteiger partial charge in [-0.15, -0.1) is 11.8 Å². The fourth-order valence-corrected chi connectivity index (χ4v) is 1.17. The Bertz CT molecular complexity index is 314. The van der Waals surface area contributed by atoms with Gasteiger partial charge in [0.1, 0.15) is 0 Å². The summed E-state index contributed by atoms with van der Waals surface area (Å²) in [6, 6.07) is 1.59. The number of pyridine rings is 1. The zero-order valence-electron chi connectivity index (χ0n) is 6.57. The lowest BCUT2D eigenvalue weighted by Gasteiger charge is -2.01. The predicted molar refractivity (Wildman–Crippen MR) is 48.9 cm³/mol. The summed E-state index contributed by atoms with van der Waals surface area (Å²) in [5.74, 6) is -0.523. The third-order valence-electron chi connectivity index (χ3n) is 1.38. The molecular formula is C7H9N3OS. The molecule has 5 heteroatoms. The summed E-state index contributed by atoms with van der Waals surface area (Å²) in [5.41, 5.74) is 11.2. The Morgan fingerprint density at radius 2 is 2.33 bits per heavy atom. The number of thioether (sulfide) groups is 1. The van der Waals surface area contributed by atoms with Gasteiger partial charge in [0.05, 0.1) is 22.5 Å². The van der Waals surface area contributed by atoms with Crippen LogP contribution in [0.3, 0.4) is 0 Å². The number of hydrogen-bond acceptors (Lipinski definition) is 4. The van der Waals surface area contributed by atoms with Gasteiger partial charge < -0.3 is 11.5 Å². The van der Waals surface area contributed by atoms with Crippen molar-refractivity contribution in [2.24, 2.45) is 5.73 Å². The van der Waals surface area contributed by atoms with Crippen molar-refractivity contribution >= 4 is 23.4 Å². The van der Waals surface area contributed by atoms with E-state index in [9.17, 15) is 4.79 Å². The number of carbonyl (C=O) groups excluding carboxylic acids is 1. The molecule has 0 saturated heterocycles. The Labute approximate surface area is 74.3 Å². The maximum atomic E-state index is 10.8. The number of amides is 1. The zero-order valence-corrected chi connectivity index (χ0v) is 7.39. The fourth-order valence-electron chi connectivity index (χ4n) is 0.772. The van der Waals surface area contributed by atoms with Crippen LogP contribution < -0.4 is 11.5 Å². The molecule has 1 heterocycles. The molecule has 0 atom stereocenters. The third kappa shape index (κ3) is 1.68. The van der Waals surface area contributed by atoms with Crippen LogP contribution in [-0.4, -0.2) is 17.1 Å². The van der Waals surface area contributed by atoms with Gasteiger partial charge in [-0.2, -0.15) is 0 Å². The molecule has 1 amide bonds. The molecule has 64 valence electrons. The maximum Gasteiger partial charge on any atom is 0.250 e. The lowest BCUT2D eigenvalue weighted by Crippen LogP contribution is -2.13. The standard InChI is InChI=1S/C7H9N3OS/c1-12-6-2-4(7(9)11)5(8)3-10-6/h2-3H,8H2,1H3,(H2,9,11).